The Hall–Kier alpha value is -1.22. The van der Waals surface area contributed by atoms with Crippen LogP contribution in [0.4, 0.5) is 5.69 Å². The van der Waals surface area contributed by atoms with Crippen LogP contribution < -0.4 is 5.32 Å². The van der Waals surface area contributed by atoms with Gasteiger partial charge in [0.2, 0.25) is 0 Å². The van der Waals surface area contributed by atoms with E-state index in [1.807, 2.05) is 6.92 Å². The lowest BCUT2D eigenvalue weighted by Gasteiger charge is -2.33. The number of benzene rings is 1. The third kappa shape index (κ3) is 2.61. The Morgan fingerprint density at radius 3 is 2.67 bits per heavy atom. The van der Waals surface area contributed by atoms with Crippen LogP contribution in [-0.2, 0) is 0 Å². The van der Waals surface area contributed by atoms with Gasteiger partial charge in [0.1, 0.15) is 0 Å². The minimum atomic E-state index is -0.936. The molecule has 3 nitrogen and oxygen atoms in total. The molecule has 0 heterocycles. The topological polar surface area (TPSA) is 49.3 Å². The van der Waals surface area contributed by atoms with Crippen molar-refractivity contribution in [1.29, 1.82) is 0 Å². The third-order valence-corrected chi connectivity index (χ3v) is 4.06. The molecule has 1 aliphatic carbocycles. The predicted octanol–water partition coefficient (Wildman–Crippen LogP) is 3.95. The fourth-order valence-electron chi connectivity index (χ4n) is 2.35. The van der Waals surface area contributed by atoms with E-state index < -0.39 is 5.97 Å². The molecule has 0 radical (unpaired) electrons. The number of aromatic carboxylic acids is 1. The molecule has 0 saturated heterocycles. The first-order valence-corrected chi connectivity index (χ1v) is 6.67. The van der Waals surface area contributed by atoms with E-state index >= 15 is 0 Å². The van der Waals surface area contributed by atoms with Crippen molar-refractivity contribution in [2.75, 3.05) is 5.32 Å². The van der Waals surface area contributed by atoms with Crippen LogP contribution in [-0.4, -0.2) is 17.1 Å². The Labute approximate surface area is 112 Å². The zero-order chi connectivity index (χ0) is 13.3. The number of anilines is 1. The zero-order valence-electron chi connectivity index (χ0n) is 10.7. The lowest BCUT2D eigenvalue weighted by Crippen LogP contribution is -2.31. The highest BCUT2D eigenvalue weighted by atomic mass is 35.5. The number of halogens is 1. The van der Waals surface area contributed by atoms with Crippen molar-refractivity contribution in [1.82, 2.24) is 0 Å². The second kappa shape index (κ2) is 5.19. The maximum atomic E-state index is 11.1. The van der Waals surface area contributed by atoms with Crippen molar-refractivity contribution in [2.24, 2.45) is 5.92 Å². The number of hydrogen-bond donors (Lipinski definition) is 2. The van der Waals surface area contributed by atoms with Crippen molar-refractivity contribution in [3.63, 3.8) is 0 Å². The first-order chi connectivity index (χ1) is 8.49. The monoisotopic (exact) mass is 267 g/mol. The van der Waals surface area contributed by atoms with E-state index in [4.69, 9.17) is 16.7 Å². The Morgan fingerprint density at radius 1 is 1.50 bits per heavy atom. The molecular weight excluding hydrogens is 250 g/mol. The van der Waals surface area contributed by atoms with Gasteiger partial charge in [-0.1, -0.05) is 18.0 Å². The summed E-state index contributed by atoms with van der Waals surface area (Å²) in [5.74, 6) is -0.244. The molecule has 4 heteroatoms. The third-order valence-electron chi connectivity index (χ3n) is 3.84. The number of carboxylic acids is 1. The molecule has 1 aliphatic rings. The number of nitrogens with one attached hydrogen (secondary N) is 1. The van der Waals surface area contributed by atoms with Gasteiger partial charge in [-0.3, -0.25) is 0 Å². The minimum Gasteiger partial charge on any atom is -0.478 e. The van der Waals surface area contributed by atoms with E-state index in [1.54, 1.807) is 6.07 Å². The zero-order valence-corrected chi connectivity index (χ0v) is 11.4. The predicted molar refractivity (Wildman–Crippen MR) is 73.6 cm³/mol. The fourth-order valence-corrected chi connectivity index (χ4v) is 2.57. The SMILES string of the molecule is Cc1c(NC(C)C2CCC2)cc(Cl)cc1C(=O)O. The van der Waals surface area contributed by atoms with Crippen molar-refractivity contribution < 1.29 is 9.90 Å². The van der Waals surface area contributed by atoms with Crippen LogP contribution >= 0.6 is 11.6 Å². The van der Waals surface area contributed by atoms with Crippen LogP contribution in [0.2, 0.25) is 5.02 Å². The molecule has 1 atom stereocenters. The first kappa shape index (κ1) is 13.2. The van der Waals surface area contributed by atoms with Gasteiger partial charge in [-0.05, 0) is 50.3 Å². The minimum absolute atomic E-state index is 0.269. The van der Waals surface area contributed by atoms with Crippen LogP contribution in [0.25, 0.3) is 0 Å². The maximum absolute atomic E-state index is 11.1. The molecule has 0 bridgehead atoms. The molecular formula is C14H18ClNO2. The van der Waals surface area contributed by atoms with Gasteiger partial charge in [0.15, 0.2) is 0 Å². The Morgan fingerprint density at radius 2 is 2.17 bits per heavy atom. The van der Waals surface area contributed by atoms with Crippen LogP contribution in [0.3, 0.4) is 0 Å². The molecule has 1 saturated carbocycles. The second-order valence-corrected chi connectivity index (χ2v) is 5.49. The van der Waals surface area contributed by atoms with Gasteiger partial charge in [0.05, 0.1) is 5.56 Å². The average molecular weight is 268 g/mol. The molecule has 0 aliphatic heterocycles. The van der Waals surface area contributed by atoms with Crippen LogP contribution in [0.5, 0.6) is 0 Å². The summed E-state index contributed by atoms with van der Waals surface area (Å²) in [5, 5.41) is 13.0. The summed E-state index contributed by atoms with van der Waals surface area (Å²) in [4.78, 5) is 11.1. The van der Waals surface area contributed by atoms with Crippen molar-refractivity contribution >= 4 is 23.3 Å². The molecule has 1 fully saturated rings. The van der Waals surface area contributed by atoms with E-state index in [1.165, 1.54) is 25.3 Å². The molecule has 0 spiro atoms. The van der Waals surface area contributed by atoms with E-state index in [0.717, 1.165) is 11.3 Å². The van der Waals surface area contributed by atoms with E-state index in [0.29, 0.717) is 17.0 Å². The maximum Gasteiger partial charge on any atom is 0.336 e. The highest BCUT2D eigenvalue weighted by molar-refractivity contribution is 6.31. The molecule has 1 aromatic carbocycles. The molecule has 0 aromatic heterocycles. The summed E-state index contributed by atoms with van der Waals surface area (Å²) in [6.07, 6.45) is 3.80. The summed E-state index contributed by atoms with van der Waals surface area (Å²) < 4.78 is 0. The highest BCUT2D eigenvalue weighted by Crippen LogP contribution is 2.33. The molecule has 1 unspecified atom stereocenters. The molecule has 18 heavy (non-hydrogen) atoms. The van der Waals surface area contributed by atoms with Crippen molar-refractivity contribution in [3.8, 4) is 0 Å². The Kier molecular flexibility index (Phi) is 3.81. The highest BCUT2D eigenvalue weighted by Gasteiger charge is 2.24. The number of hydrogen-bond acceptors (Lipinski definition) is 2. The van der Waals surface area contributed by atoms with Gasteiger partial charge < -0.3 is 10.4 Å². The standard InChI is InChI=1S/C14H18ClNO2/c1-8-12(14(17)18)6-11(15)7-13(8)16-9(2)10-4-3-5-10/h6-7,9-10,16H,3-5H2,1-2H3,(H,17,18). The smallest absolute Gasteiger partial charge is 0.336 e. The van der Waals surface area contributed by atoms with Crippen LogP contribution in [0, 0.1) is 12.8 Å². The Bertz CT molecular complexity index is 469. The number of rotatable bonds is 4. The average Bonchev–Trinajstić information content (AvgIpc) is 2.19. The number of carboxylic acid groups (broad SMARTS) is 1. The fraction of sp³-hybridized carbons (Fsp3) is 0.500. The summed E-state index contributed by atoms with van der Waals surface area (Å²) in [7, 11) is 0. The van der Waals surface area contributed by atoms with Crippen molar-refractivity contribution in [3.05, 3.63) is 28.3 Å². The van der Waals surface area contributed by atoms with Gasteiger partial charge in [0, 0.05) is 16.8 Å². The number of carbonyl (C=O) groups is 1. The summed E-state index contributed by atoms with van der Waals surface area (Å²) in [5.41, 5.74) is 1.85. The molecule has 0 amide bonds. The molecule has 1 aromatic rings. The van der Waals surface area contributed by atoms with Crippen LogP contribution in [0.1, 0.15) is 42.1 Å². The van der Waals surface area contributed by atoms with Gasteiger partial charge in [0.25, 0.3) is 0 Å². The van der Waals surface area contributed by atoms with E-state index in [-0.39, 0.29) is 5.56 Å². The van der Waals surface area contributed by atoms with Crippen LogP contribution in [0.15, 0.2) is 12.1 Å². The normalized spacial score (nSPS) is 17.1. The second-order valence-electron chi connectivity index (χ2n) is 5.06. The van der Waals surface area contributed by atoms with Gasteiger partial charge in [-0.25, -0.2) is 4.79 Å². The van der Waals surface area contributed by atoms with Crippen molar-refractivity contribution in [2.45, 2.75) is 39.2 Å². The largest absolute Gasteiger partial charge is 0.478 e. The lowest BCUT2D eigenvalue weighted by molar-refractivity contribution is 0.0696. The van der Waals surface area contributed by atoms with Gasteiger partial charge >= 0.3 is 5.97 Å². The van der Waals surface area contributed by atoms with E-state index in [2.05, 4.69) is 12.2 Å². The van der Waals surface area contributed by atoms with Gasteiger partial charge in [-0.15, -0.1) is 0 Å². The summed E-state index contributed by atoms with van der Waals surface area (Å²) in [6, 6.07) is 3.66. The molecule has 2 N–H and O–H groups in total. The summed E-state index contributed by atoms with van der Waals surface area (Å²) in [6.45, 7) is 3.96. The van der Waals surface area contributed by atoms with E-state index in [9.17, 15) is 4.79 Å². The molecule has 2 rings (SSSR count). The Balaban J connectivity index is 2.23. The first-order valence-electron chi connectivity index (χ1n) is 6.29. The van der Waals surface area contributed by atoms with Gasteiger partial charge in [-0.2, -0.15) is 0 Å². The lowest BCUT2D eigenvalue weighted by atomic mass is 9.80. The summed E-state index contributed by atoms with van der Waals surface area (Å²) >= 11 is 5.97. The quantitative estimate of drug-likeness (QED) is 0.868. The molecule has 98 valence electrons.